The quantitative estimate of drug-likeness (QED) is 0.613. The molecule has 0 aliphatic carbocycles. The van der Waals surface area contributed by atoms with Gasteiger partial charge < -0.3 is 4.74 Å². The summed E-state index contributed by atoms with van der Waals surface area (Å²) in [6.07, 6.45) is 1.95. The summed E-state index contributed by atoms with van der Waals surface area (Å²) < 4.78 is 4.68. The molecule has 0 saturated heterocycles. The summed E-state index contributed by atoms with van der Waals surface area (Å²) in [6, 6.07) is 7.99. The molecule has 0 saturated carbocycles. The number of thioether (sulfide) groups is 2. The molecule has 0 bridgehead atoms. The maximum Gasteiger partial charge on any atom is 0.309 e. The summed E-state index contributed by atoms with van der Waals surface area (Å²) in [5.74, 6) is 0.214. The standard InChI is InChI=1S/C13H15NO2S2/c1-9(13(15)16-2)8-18-12-6-4-5-11(17-3)10(12)7-14/h4-6,9H,8H2,1-3H3. The number of carbonyl (C=O) groups is 1. The Hall–Kier alpha value is -1.12. The van der Waals surface area contributed by atoms with Crippen LogP contribution in [0.3, 0.4) is 0 Å². The van der Waals surface area contributed by atoms with E-state index in [9.17, 15) is 10.1 Å². The highest BCUT2D eigenvalue weighted by Gasteiger charge is 2.15. The summed E-state index contributed by atoms with van der Waals surface area (Å²) >= 11 is 3.07. The number of rotatable bonds is 5. The first-order valence-electron chi connectivity index (χ1n) is 5.41. The molecule has 0 N–H and O–H groups in total. The first-order valence-corrected chi connectivity index (χ1v) is 7.62. The Morgan fingerprint density at radius 3 is 2.72 bits per heavy atom. The third-order valence-corrected chi connectivity index (χ3v) is 4.51. The summed E-state index contributed by atoms with van der Waals surface area (Å²) in [5.41, 5.74) is 0.687. The number of benzene rings is 1. The second-order valence-electron chi connectivity index (χ2n) is 3.68. The zero-order chi connectivity index (χ0) is 13.5. The third kappa shape index (κ3) is 3.69. The van der Waals surface area contributed by atoms with Crippen LogP contribution < -0.4 is 0 Å². The van der Waals surface area contributed by atoms with Gasteiger partial charge in [-0.2, -0.15) is 5.26 Å². The summed E-state index contributed by atoms with van der Waals surface area (Å²) in [6.45, 7) is 1.82. The number of hydrogen-bond acceptors (Lipinski definition) is 5. The van der Waals surface area contributed by atoms with Crippen LogP contribution in [0.2, 0.25) is 0 Å². The van der Waals surface area contributed by atoms with E-state index < -0.39 is 0 Å². The molecule has 18 heavy (non-hydrogen) atoms. The average molecular weight is 281 g/mol. The molecule has 3 nitrogen and oxygen atoms in total. The van der Waals surface area contributed by atoms with Crippen LogP contribution in [-0.4, -0.2) is 25.1 Å². The molecule has 0 amide bonds. The van der Waals surface area contributed by atoms with Crippen molar-refractivity contribution in [1.82, 2.24) is 0 Å². The van der Waals surface area contributed by atoms with Gasteiger partial charge in [0.1, 0.15) is 6.07 Å². The Labute approximate surface area is 116 Å². The zero-order valence-corrected chi connectivity index (χ0v) is 12.2. The van der Waals surface area contributed by atoms with Crippen molar-refractivity contribution in [2.45, 2.75) is 16.7 Å². The Morgan fingerprint density at radius 2 is 2.17 bits per heavy atom. The zero-order valence-electron chi connectivity index (χ0n) is 10.6. The minimum Gasteiger partial charge on any atom is -0.469 e. The molecule has 0 aliphatic rings. The van der Waals surface area contributed by atoms with Crippen LogP contribution >= 0.6 is 23.5 Å². The van der Waals surface area contributed by atoms with Gasteiger partial charge in [-0.3, -0.25) is 4.79 Å². The van der Waals surface area contributed by atoms with E-state index in [0.29, 0.717) is 11.3 Å². The van der Waals surface area contributed by atoms with Gasteiger partial charge in [0.15, 0.2) is 0 Å². The monoisotopic (exact) mass is 281 g/mol. The van der Waals surface area contributed by atoms with Gasteiger partial charge in [-0.25, -0.2) is 0 Å². The van der Waals surface area contributed by atoms with Gasteiger partial charge in [0.05, 0.1) is 18.6 Å². The molecular weight excluding hydrogens is 266 g/mol. The molecule has 5 heteroatoms. The number of ether oxygens (including phenoxy) is 1. The van der Waals surface area contributed by atoms with Crippen molar-refractivity contribution in [3.63, 3.8) is 0 Å². The number of hydrogen-bond donors (Lipinski definition) is 0. The molecule has 0 aromatic heterocycles. The average Bonchev–Trinajstić information content (AvgIpc) is 2.42. The van der Waals surface area contributed by atoms with Crippen molar-refractivity contribution in [2.75, 3.05) is 19.1 Å². The summed E-state index contributed by atoms with van der Waals surface area (Å²) in [4.78, 5) is 13.2. The van der Waals surface area contributed by atoms with Crippen LogP contribution in [0.1, 0.15) is 12.5 Å². The highest BCUT2D eigenvalue weighted by molar-refractivity contribution is 8.00. The second-order valence-corrected chi connectivity index (χ2v) is 5.59. The number of nitriles is 1. The van der Waals surface area contributed by atoms with E-state index >= 15 is 0 Å². The highest BCUT2D eigenvalue weighted by atomic mass is 32.2. The van der Waals surface area contributed by atoms with Crippen LogP contribution in [0.4, 0.5) is 0 Å². The van der Waals surface area contributed by atoms with Gasteiger partial charge in [0, 0.05) is 15.5 Å². The molecule has 1 unspecified atom stereocenters. The van der Waals surface area contributed by atoms with Crippen molar-refractivity contribution in [3.05, 3.63) is 23.8 Å². The highest BCUT2D eigenvalue weighted by Crippen LogP contribution is 2.30. The smallest absolute Gasteiger partial charge is 0.309 e. The molecule has 1 aromatic rings. The third-order valence-electron chi connectivity index (χ3n) is 2.41. The molecule has 1 rings (SSSR count). The number of esters is 1. The topological polar surface area (TPSA) is 50.1 Å². The minimum absolute atomic E-state index is 0.176. The Balaban J connectivity index is 2.80. The van der Waals surface area contributed by atoms with Crippen LogP contribution in [0.25, 0.3) is 0 Å². The van der Waals surface area contributed by atoms with Crippen LogP contribution in [0, 0.1) is 17.2 Å². The molecule has 1 aromatic carbocycles. The molecule has 0 fully saturated rings. The van der Waals surface area contributed by atoms with E-state index in [1.54, 1.807) is 11.8 Å². The van der Waals surface area contributed by atoms with Gasteiger partial charge in [0.2, 0.25) is 0 Å². The fourth-order valence-electron chi connectivity index (χ4n) is 1.40. The Bertz CT molecular complexity index is 469. The first-order chi connectivity index (χ1) is 8.63. The van der Waals surface area contributed by atoms with Gasteiger partial charge in [-0.05, 0) is 18.4 Å². The molecule has 0 radical (unpaired) electrons. The van der Waals surface area contributed by atoms with Crippen molar-refractivity contribution in [2.24, 2.45) is 5.92 Å². The van der Waals surface area contributed by atoms with E-state index in [2.05, 4.69) is 10.8 Å². The minimum atomic E-state index is -0.220. The van der Waals surface area contributed by atoms with E-state index in [0.717, 1.165) is 9.79 Å². The largest absolute Gasteiger partial charge is 0.469 e. The Kier molecular flexibility index (Phi) is 6.10. The second kappa shape index (κ2) is 7.34. The number of methoxy groups -OCH3 is 1. The molecule has 0 aliphatic heterocycles. The van der Waals surface area contributed by atoms with Crippen molar-refractivity contribution < 1.29 is 9.53 Å². The number of nitrogens with zero attached hydrogens (tertiary/aromatic N) is 1. The lowest BCUT2D eigenvalue weighted by atomic mass is 10.2. The van der Waals surface area contributed by atoms with Crippen molar-refractivity contribution in [3.8, 4) is 6.07 Å². The van der Waals surface area contributed by atoms with Gasteiger partial charge in [-0.1, -0.05) is 13.0 Å². The molecule has 0 heterocycles. The van der Waals surface area contributed by atoms with Crippen LogP contribution in [-0.2, 0) is 9.53 Å². The molecule has 1 atom stereocenters. The maximum absolute atomic E-state index is 11.3. The predicted octanol–water partition coefficient (Wildman–Crippen LogP) is 3.18. The SMILES string of the molecule is COC(=O)C(C)CSc1cccc(SC)c1C#N. The van der Waals surface area contributed by atoms with Gasteiger partial charge in [0.25, 0.3) is 0 Å². The fraction of sp³-hybridized carbons (Fsp3) is 0.385. The Morgan fingerprint density at radius 1 is 1.50 bits per heavy atom. The van der Waals surface area contributed by atoms with E-state index in [4.69, 9.17) is 0 Å². The van der Waals surface area contributed by atoms with E-state index in [1.807, 2.05) is 31.4 Å². The first kappa shape index (κ1) is 14.9. The number of carbonyl (C=O) groups excluding carboxylic acids is 1. The lowest BCUT2D eigenvalue weighted by molar-refractivity contribution is -0.143. The predicted molar refractivity (Wildman–Crippen MR) is 74.8 cm³/mol. The molecule has 0 spiro atoms. The molecule has 96 valence electrons. The lowest BCUT2D eigenvalue weighted by Crippen LogP contribution is -2.14. The fourth-order valence-corrected chi connectivity index (χ4v) is 3.07. The van der Waals surface area contributed by atoms with E-state index in [-0.39, 0.29) is 11.9 Å². The van der Waals surface area contributed by atoms with Gasteiger partial charge >= 0.3 is 5.97 Å². The van der Waals surface area contributed by atoms with Crippen molar-refractivity contribution in [1.29, 1.82) is 5.26 Å². The lowest BCUT2D eigenvalue weighted by Gasteiger charge is -2.10. The maximum atomic E-state index is 11.3. The van der Waals surface area contributed by atoms with Gasteiger partial charge in [-0.15, -0.1) is 23.5 Å². The summed E-state index contributed by atoms with van der Waals surface area (Å²) in [5, 5.41) is 9.18. The van der Waals surface area contributed by atoms with Crippen LogP contribution in [0.5, 0.6) is 0 Å². The summed E-state index contributed by atoms with van der Waals surface area (Å²) in [7, 11) is 1.39. The van der Waals surface area contributed by atoms with Crippen LogP contribution in [0.15, 0.2) is 28.0 Å². The normalized spacial score (nSPS) is 11.7. The van der Waals surface area contributed by atoms with Crippen molar-refractivity contribution >= 4 is 29.5 Å². The van der Waals surface area contributed by atoms with E-state index in [1.165, 1.54) is 18.9 Å². The molecular formula is C13H15NO2S2.